The van der Waals surface area contributed by atoms with Crippen molar-refractivity contribution in [3.05, 3.63) is 30.1 Å². The van der Waals surface area contributed by atoms with E-state index < -0.39 is 11.8 Å². The molecule has 0 unspecified atom stereocenters. The van der Waals surface area contributed by atoms with E-state index in [1.54, 1.807) is 23.9 Å². The molecule has 0 radical (unpaired) electrons. The Hall–Kier alpha value is -1.56. The van der Waals surface area contributed by atoms with E-state index in [-0.39, 0.29) is 23.4 Å². The van der Waals surface area contributed by atoms with E-state index in [1.807, 2.05) is 0 Å². The number of carbonyl (C=O) groups excluding carboxylic acids is 1. The minimum absolute atomic E-state index is 0.0570. The van der Waals surface area contributed by atoms with Gasteiger partial charge in [-0.25, -0.2) is 4.39 Å². The van der Waals surface area contributed by atoms with Crippen molar-refractivity contribution in [1.82, 2.24) is 0 Å². The number of hydrogen-bond donors (Lipinski definition) is 2. The molecule has 0 atom stereocenters. The Morgan fingerprint density at radius 3 is 2.67 bits per heavy atom. The Morgan fingerprint density at radius 1 is 1.33 bits per heavy atom. The van der Waals surface area contributed by atoms with Gasteiger partial charge in [0.2, 0.25) is 5.91 Å². The lowest BCUT2D eigenvalue weighted by atomic mass is 10.1. The Balaban J connectivity index is 1.66. The molecule has 1 aliphatic carbocycles. The number of benzene rings is 1. The average molecular weight is 311 g/mol. The maximum Gasteiger partial charge on any atom is 0.303 e. The van der Waals surface area contributed by atoms with Crippen molar-refractivity contribution in [3.8, 4) is 0 Å². The smallest absolute Gasteiger partial charge is 0.303 e. The number of nitrogens with one attached hydrogen (secondary N) is 1. The van der Waals surface area contributed by atoms with E-state index >= 15 is 0 Å². The fourth-order valence-electron chi connectivity index (χ4n) is 2.10. The first-order chi connectivity index (χ1) is 10.0. The highest BCUT2D eigenvalue weighted by molar-refractivity contribution is 7.99. The molecule has 6 heteroatoms. The summed E-state index contributed by atoms with van der Waals surface area (Å²) in [5.74, 6) is -0.0496. The highest BCUT2D eigenvalue weighted by Crippen LogP contribution is 2.51. The quantitative estimate of drug-likeness (QED) is 0.724. The highest BCUT2D eigenvalue weighted by Gasteiger charge is 2.43. The number of para-hydroxylation sites is 1. The normalized spacial score (nSPS) is 15.5. The summed E-state index contributed by atoms with van der Waals surface area (Å²) in [7, 11) is 0. The van der Waals surface area contributed by atoms with Crippen LogP contribution in [0, 0.1) is 11.2 Å². The number of carbonyl (C=O) groups is 2. The van der Waals surface area contributed by atoms with Crippen LogP contribution in [0.1, 0.15) is 25.7 Å². The van der Waals surface area contributed by atoms with Gasteiger partial charge in [0.1, 0.15) is 5.82 Å². The molecule has 4 nitrogen and oxygen atoms in total. The van der Waals surface area contributed by atoms with Crippen LogP contribution < -0.4 is 5.32 Å². The van der Waals surface area contributed by atoms with E-state index in [0.717, 1.165) is 18.6 Å². The molecule has 0 aliphatic heterocycles. The van der Waals surface area contributed by atoms with Gasteiger partial charge in [0.15, 0.2) is 0 Å². The average Bonchev–Trinajstić information content (AvgIpc) is 3.17. The maximum atomic E-state index is 13.3. The van der Waals surface area contributed by atoms with Gasteiger partial charge in [-0.15, -0.1) is 0 Å². The predicted molar refractivity (Wildman–Crippen MR) is 80.9 cm³/mol. The highest BCUT2D eigenvalue weighted by atomic mass is 32.2. The Bertz CT molecular complexity index is 531. The predicted octanol–water partition coefficient (Wildman–Crippen LogP) is 3.14. The molecule has 1 saturated carbocycles. The third-order valence-electron chi connectivity index (χ3n) is 3.51. The van der Waals surface area contributed by atoms with Gasteiger partial charge in [0.05, 0.1) is 12.1 Å². The van der Waals surface area contributed by atoms with E-state index in [9.17, 15) is 14.0 Å². The Morgan fingerprint density at radius 2 is 2.05 bits per heavy atom. The summed E-state index contributed by atoms with van der Waals surface area (Å²) in [5.41, 5.74) is 0.135. The molecular weight excluding hydrogens is 293 g/mol. The third kappa shape index (κ3) is 5.04. The van der Waals surface area contributed by atoms with Gasteiger partial charge in [-0.2, -0.15) is 11.8 Å². The summed E-state index contributed by atoms with van der Waals surface area (Å²) < 4.78 is 13.3. The molecule has 1 fully saturated rings. The summed E-state index contributed by atoms with van der Waals surface area (Å²) in [6.07, 6.45) is 2.41. The molecule has 2 rings (SSSR count). The standard InChI is InChI=1S/C15H18FNO3S/c16-11-3-1-2-4-12(11)17-13(18)5-8-21-10-15(6-7-15)9-14(19)20/h1-4H,5-10H2,(H,17,18)(H,19,20). The van der Waals surface area contributed by atoms with Gasteiger partial charge in [0, 0.05) is 12.2 Å². The number of halogens is 1. The van der Waals surface area contributed by atoms with Crippen molar-refractivity contribution in [2.75, 3.05) is 16.8 Å². The first-order valence-corrected chi connectivity index (χ1v) is 8.00. The zero-order valence-electron chi connectivity index (χ0n) is 11.6. The SMILES string of the molecule is O=C(O)CC1(CSCCC(=O)Nc2ccccc2F)CC1. The van der Waals surface area contributed by atoms with Crippen LogP contribution in [-0.4, -0.2) is 28.5 Å². The third-order valence-corrected chi connectivity index (χ3v) is 4.82. The molecule has 0 aromatic heterocycles. The molecule has 21 heavy (non-hydrogen) atoms. The van der Waals surface area contributed by atoms with Crippen molar-refractivity contribution in [2.24, 2.45) is 5.41 Å². The maximum absolute atomic E-state index is 13.3. The van der Waals surface area contributed by atoms with Crippen molar-refractivity contribution in [3.63, 3.8) is 0 Å². The molecule has 0 spiro atoms. The molecule has 0 bridgehead atoms. The molecule has 1 aliphatic rings. The van der Waals surface area contributed by atoms with E-state index in [2.05, 4.69) is 5.32 Å². The van der Waals surface area contributed by atoms with E-state index in [0.29, 0.717) is 12.2 Å². The summed E-state index contributed by atoms with van der Waals surface area (Å²) in [4.78, 5) is 22.4. The van der Waals surface area contributed by atoms with E-state index in [1.165, 1.54) is 12.1 Å². The second kappa shape index (κ2) is 6.93. The van der Waals surface area contributed by atoms with Gasteiger partial charge in [-0.05, 0) is 36.1 Å². The number of rotatable bonds is 8. The molecule has 0 heterocycles. The summed E-state index contributed by atoms with van der Waals surface area (Å²) in [5, 5.41) is 11.3. The second-order valence-electron chi connectivity index (χ2n) is 5.40. The van der Waals surface area contributed by atoms with Gasteiger partial charge in [0.25, 0.3) is 0 Å². The van der Waals surface area contributed by atoms with Crippen LogP contribution in [0.4, 0.5) is 10.1 Å². The second-order valence-corrected chi connectivity index (χ2v) is 6.51. The van der Waals surface area contributed by atoms with Crippen LogP contribution in [0.15, 0.2) is 24.3 Å². The fraction of sp³-hybridized carbons (Fsp3) is 0.467. The summed E-state index contributed by atoms with van der Waals surface area (Å²) in [6, 6.07) is 6.05. The topological polar surface area (TPSA) is 66.4 Å². The minimum atomic E-state index is -0.759. The van der Waals surface area contributed by atoms with Crippen LogP contribution in [0.3, 0.4) is 0 Å². The van der Waals surface area contributed by atoms with Crippen LogP contribution in [-0.2, 0) is 9.59 Å². The van der Waals surface area contributed by atoms with Crippen molar-refractivity contribution in [2.45, 2.75) is 25.7 Å². The van der Waals surface area contributed by atoms with Gasteiger partial charge in [-0.3, -0.25) is 9.59 Å². The number of thioether (sulfide) groups is 1. The lowest BCUT2D eigenvalue weighted by molar-refractivity contribution is -0.138. The van der Waals surface area contributed by atoms with Crippen molar-refractivity contribution in [1.29, 1.82) is 0 Å². The van der Waals surface area contributed by atoms with Gasteiger partial charge >= 0.3 is 5.97 Å². The molecule has 0 saturated heterocycles. The van der Waals surface area contributed by atoms with Crippen molar-refractivity contribution < 1.29 is 19.1 Å². The largest absolute Gasteiger partial charge is 0.481 e. The zero-order valence-corrected chi connectivity index (χ0v) is 12.4. The molecule has 1 aromatic rings. The molecular formula is C15H18FNO3S. The van der Waals surface area contributed by atoms with E-state index in [4.69, 9.17) is 5.11 Å². The van der Waals surface area contributed by atoms with Gasteiger partial charge < -0.3 is 10.4 Å². The Kier molecular flexibility index (Phi) is 5.22. The lowest BCUT2D eigenvalue weighted by Crippen LogP contribution is -2.15. The Labute approximate surface area is 127 Å². The molecule has 2 N–H and O–H groups in total. The fourth-order valence-corrected chi connectivity index (χ4v) is 3.40. The van der Waals surface area contributed by atoms with Crippen LogP contribution in [0.2, 0.25) is 0 Å². The molecule has 1 aromatic carbocycles. The first-order valence-electron chi connectivity index (χ1n) is 6.85. The first kappa shape index (κ1) is 15.8. The summed E-state index contributed by atoms with van der Waals surface area (Å²) in [6.45, 7) is 0. The number of hydrogen-bond acceptors (Lipinski definition) is 3. The molecule has 1 amide bonds. The number of carboxylic acids is 1. The monoisotopic (exact) mass is 311 g/mol. The van der Waals surface area contributed by atoms with Crippen LogP contribution in [0.25, 0.3) is 0 Å². The zero-order chi connectivity index (χ0) is 15.3. The number of amides is 1. The number of carboxylic acid groups (broad SMARTS) is 1. The van der Waals surface area contributed by atoms with Crippen LogP contribution in [0.5, 0.6) is 0 Å². The van der Waals surface area contributed by atoms with Crippen molar-refractivity contribution >= 4 is 29.3 Å². The summed E-state index contributed by atoms with van der Waals surface area (Å²) >= 11 is 1.59. The number of aliphatic carboxylic acids is 1. The minimum Gasteiger partial charge on any atom is -0.481 e. The van der Waals surface area contributed by atoms with Crippen LogP contribution >= 0.6 is 11.8 Å². The molecule has 114 valence electrons. The van der Waals surface area contributed by atoms with Gasteiger partial charge in [-0.1, -0.05) is 12.1 Å². The lowest BCUT2D eigenvalue weighted by Gasteiger charge is -2.11. The number of anilines is 1.